The van der Waals surface area contributed by atoms with Crippen LogP contribution in [0.5, 0.6) is 0 Å². The van der Waals surface area contributed by atoms with Crippen molar-refractivity contribution in [1.29, 1.82) is 0 Å². The lowest BCUT2D eigenvalue weighted by molar-refractivity contribution is 0.234. The fourth-order valence-electron chi connectivity index (χ4n) is 2.55. The number of aryl methyl sites for hydroxylation is 1. The molecular weight excluding hydrogens is 224 g/mol. The van der Waals surface area contributed by atoms with Gasteiger partial charge in [-0.3, -0.25) is 0 Å². The minimum absolute atomic E-state index is 0.0758. The molecular formula is C15H18N2O. The largest absolute Gasteiger partial charge is 0.356 e. The number of hydrogen-bond acceptors (Lipinski definition) is 3. The maximum absolute atomic E-state index is 5.89. The van der Waals surface area contributed by atoms with Crippen molar-refractivity contribution in [2.75, 3.05) is 6.54 Å². The highest BCUT2D eigenvalue weighted by Gasteiger charge is 2.40. The molecule has 1 fully saturated rings. The highest BCUT2D eigenvalue weighted by Crippen LogP contribution is 2.43. The van der Waals surface area contributed by atoms with Crippen LogP contribution in [0, 0.1) is 6.92 Å². The first-order valence-corrected chi connectivity index (χ1v) is 6.48. The molecule has 0 radical (unpaired) electrons. The standard InChI is InChI=1S/C15H18N2O/c1-11-3-5-12(6-4-11)13-9-14(17-18-13)15(10-16)7-2-8-15/h3-6,9H,2,7-8,10,16H2,1H3. The number of rotatable bonds is 3. The summed E-state index contributed by atoms with van der Waals surface area (Å²) in [6, 6.07) is 10.3. The van der Waals surface area contributed by atoms with E-state index in [1.54, 1.807) is 0 Å². The first-order valence-electron chi connectivity index (χ1n) is 6.48. The van der Waals surface area contributed by atoms with Crippen molar-refractivity contribution >= 4 is 0 Å². The number of benzene rings is 1. The number of nitrogens with zero attached hydrogens (tertiary/aromatic N) is 1. The summed E-state index contributed by atoms with van der Waals surface area (Å²) < 4.78 is 5.47. The van der Waals surface area contributed by atoms with Crippen LogP contribution in [0.15, 0.2) is 34.9 Å². The van der Waals surface area contributed by atoms with Gasteiger partial charge in [-0.2, -0.15) is 0 Å². The normalized spacial score (nSPS) is 17.4. The molecule has 0 aliphatic heterocycles. The zero-order valence-electron chi connectivity index (χ0n) is 10.6. The molecule has 3 rings (SSSR count). The molecule has 1 aromatic carbocycles. The molecule has 94 valence electrons. The number of hydrogen-bond donors (Lipinski definition) is 1. The topological polar surface area (TPSA) is 52.0 Å². The zero-order valence-corrected chi connectivity index (χ0v) is 10.6. The lowest BCUT2D eigenvalue weighted by Crippen LogP contribution is -2.41. The van der Waals surface area contributed by atoms with Gasteiger partial charge in [-0.25, -0.2) is 0 Å². The quantitative estimate of drug-likeness (QED) is 0.900. The monoisotopic (exact) mass is 242 g/mol. The maximum Gasteiger partial charge on any atom is 0.167 e. The third kappa shape index (κ3) is 1.75. The lowest BCUT2D eigenvalue weighted by Gasteiger charge is -2.38. The Morgan fingerprint density at radius 1 is 1.28 bits per heavy atom. The van der Waals surface area contributed by atoms with Crippen LogP contribution in [0.2, 0.25) is 0 Å². The Kier molecular flexibility index (Phi) is 2.71. The van der Waals surface area contributed by atoms with Crippen molar-refractivity contribution < 1.29 is 4.52 Å². The van der Waals surface area contributed by atoms with Gasteiger partial charge in [0.05, 0.1) is 5.69 Å². The third-order valence-electron chi connectivity index (χ3n) is 4.09. The zero-order chi connectivity index (χ0) is 12.6. The van der Waals surface area contributed by atoms with E-state index in [0.717, 1.165) is 29.9 Å². The van der Waals surface area contributed by atoms with Crippen molar-refractivity contribution in [2.45, 2.75) is 31.6 Å². The van der Waals surface area contributed by atoms with Gasteiger partial charge in [0.25, 0.3) is 0 Å². The summed E-state index contributed by atoms with van der Waals surface area (Å²) in [4.78, 5) is 0. The minimum Gasteiger partial charge on any atom is -0.356 e. The Labute approximate surface area is 107 Å². The minimum atomic E-state index is 0.0758. The van der Waals surface area contributed by atoms with Crippen LogP contribution in [-0.2, 0) is 5.41 Å². The maximum atomic E-state index is 5.89. The molecule has 3 nitrogen and oxygen atoms in total. The summed E-state index contributed by atoms with van der Waals surface area (Å²) in [7, 11) is 0. The van der Waals surface area contributed by atoms with Gasteiger partial charge in [0.15, 0.2) is 5.76 Å². The molecule has 1 aliphatic rings. The molecule has 1 aliphatic carbocycles. The van der Waals surface area contributed by atoms with Crippen LogP contribution in [0.25, 0.3) is 11.3 Å². The van der Waals surface area contributed by atoms with E-state index in [-0.39, 0.29) is 5.41 Å². The van der Waals surface area contributed by atoms with Gasteiger partial charge < -0.3 is 10.3 Å². The van der Waals surface area contributed by atoms with Crippen LogP contribution in [0.1, 0.15) is 30.5 Å². The Hall–Kier alpha value is -1.61. The molecule has 18 heavy (non-hydrogen) atoms. The van der Waals surface area contributed by atoms with Crippen LogP contribution in [0.4, 0.5) is 0 Å². The predicted octanol–water partition coefficient (Wildman–Crippen LogP) is 3.03. The van der Waals surface area contributed by atoms with Crippen molar-refractivity contribution in [1.82, 2.24) is 5.16 Å². The van der Waals surface area contributed by atoms with E-state index in [0.29, 0.717) is 6.54 Å². The number of aromatic nitrogens is 1. The SMILES string of the molecule is Cc1ccc(-c2cc(C3(CN)CCC3)no2)cc1. The molecule has 0 unspecified atom stereocenters. The molecule has 0 atom stereocenters. The lowest BCUT2D eigenvalue weighted by atomic mass is 9.66. The smallest absolute Gasteiger partial charge is 0.167 e. The first-order chi connectivity index (χ1) is 8.73. The van der Waals surface area contributed by atoms with Crippen molar-refractivity contribution in [3.8, 4) is 11.3 Å². The molecule has 0 spiro atoms. The summed E-state index contributed by atoms with van der Waals surface area (Å²) >= 11 is 0. The van der Waals surface area contributed by atoms with Crippen molar-refractivity contribution in [2.24, 2.45) is 5.73 Å². The van der Waals surface area contributed by atoms with E-state index in [4.69, 9.17) is 10.3 Å². The highest BCUT2D eigenvalue weighted by molar-refractivity contribution is 5.58. The first kappa shape index (κ1) is 11.5. The molecule has 0 saturated heterocycles. The van der Waals surface area contributed by atoms with Crippen LogP contribution >= 0.6 is 0 Å². The Morgan fingerprint density at radius 3 is 2.56 bits per heavy atom. The molecule has 1 saturated carbocycles. The van der Waals surface area contributed by atoms with Gasteiger partial charge >= 0.3 is 0 Å². The van der Waals surface area contributed by atoms with Gasteiger partial charge in [-0.1, -0.05) is 41.4 Å². The molecule has 3 heteroatoms. The summed E-state index contributed by atoms with van der Waals surface area (Å²) in [5.41, 5.74) is 9.30. The van der Waals surface area contributed by atoms with Gasteiger partial charge in [-0.05, 0) is 19.8 Å². The van der Waals surface area contributed by atoms with E-state index in [1.807, 2.05) is 0 Å². The molecule has 2 N–H and O–H groups in total. The van der Waals surface area contributed by atoms with Gasteiger partial charge in [0.1, 0.15) is 0 Å². The van der Waals surface area contributed by atoms with Crippen LogP contribution in [-0.4, -0.2) is 11.7 Å². The van der Waals surface area contributed by atoms with E-state index in [9.17, 15) is 0 Å². The predicted molar refractivity (Wildman–Crippen MR) is 71.3 cm³/mol. The Morgan fingerprint density at radius 2 is 2.00 bits per heavy atom. The van der Waals surface area contributed by atoms with E-state index < -0.39 is 0 Å². The second-order valence-corrected chi connectivity index (χ2v) is 5.28. The fraction of sp³-hybridized carbons (Fsp3) is 0.400. The Bertz CT molecular complexity index is 532. The van der Waals surface area contributed by atoms with Gasteiger partial charge in [0, 0.05) is 23.6 Å². The fourth-order valence-corrected chi connectivity index (χ4v) is 2.55. The summed E-state index contributed by atoms with van der Waals surface area (Å²) in [5.74, 6) is 0.838. The Balaban J connectivity index is 1.91. The van der Waals surface area contributed by atoms with Crippen LogP contribution in [0.3, 0.4) is 0 Å². The average Bonchev–Trinajstić information content (AvgIpc) is 2.79. The summed E-state index contributed by atoms with van der Waals surface area (Å²) in [6.07, 6.45) is 3.50. The summed E-state index contributed by atoms with van der Waals surface area (Å²) in [5, 5.41) is 4.23. The second kappa shape index (κ2) is 4.25. The third-order valence-corrected chi connectivity index (χ3v) is 4.09. The number of nitrogens with two attached hydrogens (primary N) is 1. The molecule has 0 bridgehead atoms. The van der Waals surface area contributed by atoms with Gasteiger partial charge in [-0.15, -0.1) is 0 Å². The van der Waals surface area contributed by atoms with E-state index in [1.165, 1.54) is 12.0 Å². The van der Waals surface area contributed by atoms with Crippen molar-refractivity contribution in [3.05, 3.63) is 41.6 Å². The molecule has 2 aromatic rings. The molecule has 1 heterocycles. The molecule has 0 amide bonds. The highest BCUT2D eigenvalue weighted by atomic mass is 16.5. The molecule has 1 aromatic heterocycles. The summed E-state index contributed by atoms with van der Waals surface area (Å²) in [6.45, 7) is 2.74. The van der Waals surface area contributed by atoms with E-state index >= 15 is 0 Å². The van der Waals surface area contributed by atoms with Gasteiger partial charge in [0.2, 0.25) is 0 Å². The van der Waals surface area contributed by atoms with Crippen LogP contribution < -0.4 is 5.73 Å². The average molecular weight is 242 g/mol. The second-order valence-electron chi connectivity index (χ2n) is 5.28. The van der Waals surface area contributed by atoms with E-state index in [2.05, 4.69) is 42.4 Å². The van der Waals surface area contributed by atoms with Crippen molar-refractivity contribution in [3.63, 3.8) is 0 Å².